The Morgan fingerprint density at radius 3 is 1.81 bits per heavy atom. The van der Waals surface area contributed by atoms with Gasteiger partial charge in [-0.2, -0.15) is 18.2 Å². The third-order valence-electron chi connectivity index (χ3n) is 2.76. The summed E-state index contributed by atoms with van der Waals surface area (Å²) in [4.78, 5) is 0. The second-order valence-electron chi connectivity index (χ2n) is 4.44. The largest absolute Gasteiger partial charge is 0.748 e. The van der Waals surface area contributed by atoms with Crippen LogP contribution >= 0.6 is 0 Å². The summed E-state index contributed by atoms with van der Waals surface area (Å²) >= 11 is 3.05. The summed E-state index contributed by atoms with van der Waals surface area (Å²) in [5.41, 5.74) is 0. The summed E-state index contributed by atoms with van der Waals surface area (Å²) in [7, 11) is 0. The molecular formula is C18H22Co2Se-7. The van der Waals surface area contributed by atoms with E-state index in [2.05, 4.69) is 22.1 Å². The summed E-state index contributed by atoms with van der Waals surface area (Å²) < 4.78 is 1.36. The molecule has 0 saturated carbocycles. The van der Waals surface area contributed by atoms with E-state index < -0.39 is 0 Å². The first-order valence-electron chi connectivity index (χ1n) is 6.99. The van der Waals surface area contributed by atoms with Gasteiger partial charge in [0.2, 0.25) is 0 Å². The van der Waals surface area contributed by atoms with Crippen molar-refractivity contribution < 1.29 is 33.6 Å². The summed E-state index contributed by atoms with van der Waals surface area (Å²) in [6, 6.07) is 20.0. The molecule has 0 atom stereocenters. The van der Waals surface area contributed by atoms with Gasteiger partial charge in [0.25, 0.3) is 0 Å². The molecule has 0 unspecified atom stereocenters. The second-order valence-corrected chi connectivity index (χ2v) is 5.47. The van der Waals surface area contributed by atoms with E-state index in [0.717, 1.165) is 0 Å². The first-order valence-corrected chi connectivity index (χ1v) is 7.85. The summed E-state index contributed by atoms with van der Waals surface area (Å²) in [6.07, 6.45) is 11.3. The Morgan fingerprint density at radius 1 is 0.810 bits per heavy atom. The predicted molar refractivity (Wildman–Crippen MR) is 84.3 cm³/mol. The molecule has 0 saturated heterocycles. The van der Waals surface area contributed by atoms with Gasteiger partial charge in [0.05, 0.1) is 0 Å². The second kappa shape index (κ2) is 18.0. The Balaban J connectivity index is 0. The number of allylic oxidation sites excluding steroid dienone is 2. The Bertz CT molecular complexity index is 330. The van der Waals surface area contributed by atoms with E-state index in [9.17, 15) is 0 Å². The molecule has 3 heteroatoms. The molecule has 0 N–H and O–H groups in total. The van der Waals surface area contributed by atoms with E-state index in [4.69, 9.17) is 0 Å². The zero-order valence-electron chi connectivity index (χ0n) is 12.1. The maximum atomic E-state index is 3.35. The van der Waals surface area contributed by atoms with Crippen molar-refractivity contribution in [1.29, 1.82) is 0 Å². The minimum absolute atomic E-state index is 0. The Labute approximate surface area is 158 Å². The van der Waals surface area contributed by atoms with Crippen LogP contribution in [0, 0.1) is 6.08 Å². The first-order chi connectivity index (χ1) is 9.39. The zero-order chi connectivity index (χ0) is 13.6. The zero-order valence-corrected chi connectivity index (χ0v) is 15.9. The van der Waals surface area contributed by atoms with Gasteiger partial charge in [-0.1, -0.05) is 0 Å². The maximum Gasteiger partial charge on any atom is -0.172 e. The van der Waals surface area contributed by atoms with Crippen LogP contribution in [-0.2, 0) is 33.6 Å². The van der Waals surface area contributed by atoms with Crippen LogP contribution in [0.3, 0.4) is 0 Å². The minimum Gasteiger partial charge on any atom is -0.748 e. The van der Waals surface area contributed by atoms with Crippen LogP contribution in [0.15, 0.2) is 65.1 Å². The van der Waals surface area contributed by atoms with Gasteiger partial charge in [0.1, 0.15) is 0 Å². The molecule has 0 fully saturated rings. The maximum absolute atomic E-state index is 3.35. The normalized spacial score (nSPS) is 13.2. The average molecular weight is 435 g/mol. The summed E-state index contributed by atoms with van der Waals surface area (Å²) in [6.45, 7) is 0. The fourth-order valence-corrected chi connectivity index (χ4v) is 2.24. The molecule has 0 heterocycles. The van der Waals surface area contributed by atoms with Crippen LogP contribution < -0.4 is 0 Å². The Morgan fingerprint density at radius 2 is 1.33 bits per heavy atom. The van der Waals surface area contributed by atoms with E-state index in [1.807, 2.05) is 60.7 Å². The Hall–Kier alpha value is -0.0275. The molecule has 0 bridgehead atoms. The molecule has 2 aromatic rings. The van der Waals surface area contributed by atoms with Crippen LogP contribution in [0.1, 0.15) is 38.5 Å². The smallest absolute Gasteiger partial charge is 0.172 e. The summed E-state index contributed by atoms with van der Waals surface area (Å²) in [5.74, 6) is 0. The van der Waals surface area contributed by atoms with Crippen molar-refractivity contribution >= 4 is 16.0 Å². The van der Waals surface area contributed by atoms with Crippen molar-refractivity contribution in [2.75, 3.05) is 0 Å². The van der Waals surface area contributed by atoms with Crippen molar-refractivity contribution in [3.05, 3.63) is 71.2 Å². The monoisotopic (exact) mass is 436 g/mol. The van der Waals surface area contributed by atoms with Crippen LogP contribution in [-0.4, -0.2) is 16.0 Å². The molecule has 3 radical (unpaired) electrons. The van der Waals surface area contributed by atoms with Gasteiger partial charge >= 0.3 is 65.1 Å². The molecule has 21 heavy (non-hydrogen) atoms. The molecule has 1 aliphatic rings. The van der Waals surface area contributed by atoms with E-state index >= 15 is 0 Å². The minimum atomic E-state index is 0. The van der Waals surface area contributed by atoms with Gasteiger partial charge < -0.3 is 30.3 Å². The third kappa shape index (κ3) is 16.2. The van der Waals surface area contributed by atoms with E-state index in [-0.39, 0.29) is 33.6 Å². The molecule has 1 aliphatic carbocycles. The topological polar surface area (TPSA) is 0 Å². The van der Waals surface area contributed by atoms with Crippen LogP contribution in [0.4, 0.5) is 0 Å². The molecule has 0 aromatic heterocycles. The fraction of sp³-hybridized carbons (Fsp3) is 0.333. The number of rotatable bonds is 0. The van der Waals surface area contributed by atoms with E-state index in [0.29, 0.717) is 0 Å². The number of hydrogen-bond acceptors (Lipinski definition) is 0. The van der Waals surface area contributed by atoms with Crippen molar-refractivity contribution in [1.82, 2.24) is 0 Å². The Kier molecular flexibility index (Phi) is 19.9. The van der Waals surface area contributed by atoms with Gasteiger partial charge in [-0.25, -0.2) is 12.1 Å². The van der Waals surface area contributed by atoms with Gasteiger partial charge in [0, 0.05) is 33.6 Å². The van der Waals surface area contributed by atoms with Crippen molar-refractivity contribution in [3.63, 3.8) is 0 Å². The standard InChI is InChI=1S/C8H12Se.2C5H5.2Co/c9-8-6-4-2-1-3-5-7-8;2*1-2-4-5-3-1;;/h1-6H2;2*1-5H;;/q-1;-5;-1;;. The quantitative estimate of drug-likeness (QED) is 0.404. The molecule has 0 aliphatic heterocycles. The molecule has 3 rings (SSSR count). The van der Waals surface area contributed by atoms with Crippen molar-refractivity contribution in [2.45, 2.75) is 38.5 Å². The first kappa shape index (κ1) is 23.2. The summed E-state index contributed by atoms with van der Waals surface area (Å²) in [5, 5.41) is 0. The average Bonchev–Trinajstić information content (AvgIpc) is 3.09. The van der Waals surface area contributed by atoms with Crippen molar-refractivity contribution in [3.8, 4) is 0 Å². The van der Waals surface area contributed by atoms with Crippen molar-refractivity contribution in [2.24, 2.45) is 0 Å². The van der Waals surface area contributed by atoms with Gasteiger partial charge in [-0.05, 0) is 0 Å². The molecule has 2 aromatic carbocycles. The third-order valence-corrected chi connectivity index (χ3v) is 3.49. The van der Waals surface area contributed by atoms with E-state index in [1.165, 1.54) is 43.0 Å². The van der Waals surface area contributed by atoms with Crippen LogP contribution in [0.2, 0.25) is 0 Å². The molecule has 0 amide bonds. The fourth-order valence-electron chi connectivity index (χ4n) is 1.72. The van der Waals surface area contributed by atoms with Crippen LogP contribution in [0.5, 0.6) is 0 Å². The number of hydrogen-bond donors (Lipinski definition) is 0. The molecular weight excluding hydrogens is 413 g/mol. The van der Waals surface area contributed by atoms with E-state index in [1.54, 1.807) is 0 Å². The molecule has 125 valence electrons. The SMILES string of the molecule is [Co].[Co].[Se]C1=[C-]CCCCCC1.[cH-]1[cH-][cH-][cH-][cH-]1.c1cc[cH-]c1. The van der Waals surface area contributed by atoms with Gasteiger partial charge in [-0.15, -0.1) is 0 Å². The predicted octanol–water partition coefficient (Wildman–Crippen LogP) is 5.00. The molecule has 0 nitrogen and oxygen atoms in total. The molecule has 0 spiro atoms. The van der Waals surface area contributed by atoms with Crippen LogP contribution in [0.25, 0.3) is 0 Å². The van der Waals surface area contributed by atoms with Gasteiger partial charge in [-0.3, -0.25) is 0 Å². The van der Waals surface area contributed by atoms with Gasteiger partial charge in [0.15, 0.2) is 0 Å².